The molecule has 1 unspecified atom stereocenters. The Morgan fingerprint density at radius 2 is 2.25 bits per heavy atom. The highest BCUT2D eigenvalue weighted by Gasteiger charge is 2.29. The van der Waals surface area contributed by atoms with Crippen molar-refractivity contribution in [2.75, 3.05) is 37.8 Å². The van der Waals surface area contributed by atoms with Crippen molar-refractivity contribution in [2.45, 2.75) is 19.5 Å². The van der Waals surface area contributed by atoms with Crippen molar-refractivity contribution in [1.82, 2.24) is 20.1 Å². The summed E-state index contributed by atoms with van der Waals surface area (Å²) in [7, 11) is 0. The average Bonchev–Trinajstić information content (AvgIpc) is 3.11. The van der Waals surface area contributed by atoms with Gasteiger partial charge in [-0.1, -0.05) is 0 Å². The zero-order valence-corrected chi connectivity index (χ0v) is 13.3. The van der Waals surface area contributed by atoms with Gasteiger partial charge in [-0.2, -0.15) is 0 Å². The highest BCUT2D eigenvalue weighted by atomic mass is 32.2. The van der Waals surface area contributed by atoms with Crippen molar-refractivity contribution in [3.63, 3.8) is 0 Å². The average molecular weight is 312 g/mol. The predicted molar refractivity (Wildman–Crippen MR) is 83.0 cm³/mol. The SMILES string of the molecule is Cc1nc(CN2CCN(C(=O)C3CSCN3)CC2)cs1. The minimum Gasteiger partial charge on any atom is -0.339 e. The van der Waals surface area contributed by atoms with Gasteiger partial charge < -0.3 is 4.90 Å². The summed E-state index contributed by atoms with van der Waals surface area (Å²) in [5, 5.41) is 6.51. The van der Waals surface area contributed by atoms with Crippen LogP contribution in [0.1, 0.15) is 10.7 Å². The number of nitrogens with zero attached hydrogens (tertiary/aromatic N) is 3. The maximum Gasteiger partial charge on any atom is 0.240 e. The van der Waals surface area contributed by atoms with E-state index in [0.29, 0.717) is 0 Å². The molecular formula is C13H20N4OS2. The Hall–Kier alpha value is -0.630. The van der Waals surface area contributed by atoms with E-state index in [9.17, 15) is 4.79 Å². The molecule has 3 heterocycles. The molecule has 0 spiro atoms. The number of aromatic nitrogens is 1. The summed E-state index contributed by atoms with van der Waals surface area (Å²) < 4.78 is 0. The van der Waals surface area contributed by atoms with Gasteiger partial charge in [0.25, 0.3) is 0 Å². The predicted octanol–water partition coefficient (Wildman–Crippen LogP) is 0.758. The molecule has 0 saturated carbocycles. The molecular weight excluding hydrogens is 292 g/mol. The lowest BCUT2D eigenvalue weighted by molar-refractivity contribution is -0.134. The van der Waals surface area contributed by atoms with Crippen LogP contribution in [0, 0.1) is 6.92 Å². The summed E-state index contributed by atoms with van der Waals surface area (Å²) in [6.07, 6.45) is 0. The second-order valence-corrected chi connectivity index (χ2v) is 7.32. The van der Waals surface area contributed by atoms with E-state index < -0.39 is 0 Å². The highest BCUT2D eigenvalue weighted by Crippen LogP contribution is 2.15. The molecule has 1 aromatic heterocycles. The van der Waals surface area contributed by atoms with Crippen molar-refractivity contribution < 1.29 is 4.79 Å². The van der Waals surface area contributed by atoms with E-state index >= 15 is 0 Å². The van der Waals surface area contributed by atoms with E-state index in [1.54, 1.807) is 23.1 Å². The normalized spacial score (nSPS) is 24.2. The fraction of sp³-hybridized carbons (Fsp3) is 0.692. The topological polar surface area (TPSA) is 48.5 Å². The van der Waals surface area contributed by atoms with Gasteiger partial charge >= 0.3 is 0 Å². The molecule has 7 heteroatoms. The van der Waals surface area contributed by atoms with Crippen molar-refractivity contribution in [2.24, 2.45) is 0 Å². The van der Waals surface area contributed by atoms with Crippen LogP contribution in [0.3, 0.4) is 0 Å². The molecule has 1 atom stereocenters. The van der Waals surface area contributed by atoms with Gasteiger partial charge in [-0.15, -0.1) is 23.1 Å². The van der Waals surface area contributed by atoms with Gasteiger partial charge in [0.2, 0.25) is 5.91 Å². The van der Waals surface area contributed by atoms with Crippen molar-refractivity contribution in [3.8, 4) is 0 Å². The number of piperazine rings is 1. The number of thioether (sulfide) groups is 1. The molecule has 1 N–H and O–H groups in total. The first kappa shape index (κ1) is 14.3. The largest absolute Gasteiger partial charge is 0.339 e. The Balaban J connectivity index is 1.48. The van der Waals surface area contributed by atoms with Gasteiger partial charge in [0.1, 0.15) is 0 Å². The van der Waals surface area contributed by atoms with Crippen LogP contribution in [0.4, 0.5) is 0 Å². The molecule has 0 bridgehead atoms. The number of carbonyl (C=O) groups is 1. The van der Waals surface area contributed by atoms with Gasteiger partial charge in [0.05, 0.1) is 16.7 Å². The molecule has 2 aliphatic heterocycles. The van der Waals surface area contributed by atoms with Crippen LogP contribution < -0.4 is 5.32 Å². The zero-order chi connectivity index (χ0) is 13.9. The van der Waals surface area contributed by atoms with Crippen LogP contribution in [0.25, 0.3) is 0 Å². The molecule has 2 aliphatic rings. The molecule has 1 amide bonds. The van der Waals surface area contributed by atoms with Crippen LogP contribution in [0.5, 0.6) is 0 Å². The van der Waals surface area contributed by atoms with Crippen molar-refractivity contribution in [3.05, 3.63) is 16.1 Å². The first-order valence-electron chi connectivity index (χ1n) is 6.95. The number of thiazole rings is 1. The maximum absolute atomic E-state index is 12.3. The van der Waals surface area contributed by atoms with E-state index in [4.69, 9.17) is 0 Å². The third-order valence-corrected chi connectivity index (χ3v) is 5.51. The van der Waals surface area contributed by atoms with Gasteiger partial charge in [-0.25, -0.2) is 4.98 Å². The molecule has 2 saturated heterocycles. The molecule has 3 rings (SSSR count). The lowest BCUT2D eigenvalue weighted by Gasteiger charge is -2.35. The molecule has 1 aromatic rings. The number of amides is 1. The van der Waals surface area contributed by atoms with Crippen LogP contribution in [-0.4, -0.2) is 64.5 Å². The summed E-state index contributed by atoms with van der Waals surface area (Å²) in [5.41, 5.74) is 1.15. The minimum atomic E-state index is 0.0349. The summed E-state index contributed by atoms with van der Waals surface area (Å²) in [5.74, 6) is 2.09. The van der Waals surface area contributed by atoms with Gasteiger partial charge in [0.15, 0.2) is 0 Å². The number of nitrogens with one attached hydrogen (secondary N) is 1. The molecule has 2 fully saturated rings. The summed E-state index contributed by atoms with van der Waals surface area (Å²) in [6, 6.07) is 0.0349. The number of hydrogen-bond donors (Lipinski definition) is 1. The third-order valence-electron chi connectivity index (χ3n) is 3.75. The van der Waals surface area contributed by atoms with Gasteiger partial charge in [-0.3, -0.25) is 15.0 Å². The third kappa shape index (κ3) is 3.33. The summed E-state index contributed by atoms with van der Waals surface area (Å²) in [6.45, 7) is 6.52. The Kier molecular flexibility index (Phi) is 4.60. The van der Waals surface area contributed by atoms with E-state index in [1.807, 2.05) is 11.8 Å². The molecule has 5 nitrogen and oxygen atoms in total. The van der Waals surface area contributed by atoms with E-state index in [0.717, 1.165) is 55.1 Å². The van der Waals surface area contributed by atoms with Gasteiger partial charge in [-0.05, 0) is 6.92 Å². The lowest BCUT2D eigenvalue weighted by atomic mass is 10.2. The number of rotatable bonds is 3. The second kappa shape index (κ2) is 6.43. The second-order valence-electron chi connectivity index (χ2n) is 5.23. The van der Waals surface area contributed by atoms with Crippen LogP contribution in [0.2, 0.25) is 0 Å². The van der Waals surface area contributed by atoms with E-state index in [-0.39, 0.29) is 11.9 Å². The standard InChI is InChI=1S/C13H20N4OS2/c1-10-15-11(7-20-10)6-16-2-4-17(5-3-16)13(18)12-8-19-9-14-12/h7,12,14H,2-6,8-9H2,1H3. The number of hydrogen-bond acceptors (Lipinski definition) is 6. The first-order chi connectivity index (χ1) is 9.72. The van der Waals surface area contributed by atoms with E-state index in [1.165, 1.54) is 0 Å². The number of aryl methyl sites for hydroxylation is 1. The first-order valence-corrected chi connectivity index (χ1v) is 8.99. The van der Waals surface area contributed by atoms with Crippen LogP contribution in [-0.2, 0) is 11.3 Å². The highest BCUT2D eigenvalue weighted by molar-refractivity contribution is 7.99. The summed E-state index contributed by atoms with van der Waals surface area (Å²) in [4.78, 5) is 21.2. The monoisotopic (exact) mass is 312 g/mol. The smallest absolute Gasteiger partial charge is 0.240 e. The molecule has 20 heavy (non-hydrogen) atoms. The Morgan fingerprint density at radius 1 is 1.45 bits per heavy atom. The fourth-order valence-electron chi connectivity index (χ4n) is 2.61. The van der Waals surface area contributed by atoms with Crippen molar-refractivity contribution in [1.29, 1.82) is 0 Å². The zero-order valence-electron chi connectivity index (χ0n) is 11.7. The fourth-order valence-corrected chi connectivity index (χ4v) is 4.15. The van der Waals surface area contributed by atoms with Crippen LogP contribution in [0.15, 0.2) is 5.38 Å². The molecule has 0 radical (unpaired) electrons. The Bertz CT molecular complexity index is 465. The maximum atomic E-state index is 12.3. The number of carbonyl (C=O) groups excluding carboxylic acids is 1. The van der Waals surface area contributed by atoms with E-state index in [2.05, 4.69) is 20.6 Å². The quantitative estimate of drug-likeness (QED) is 0.893. The lowest BCUT2D eigenvalue weighted by Crippen LogP contribution is -2.53. The molecule has 110 valence electrons. The van der Waals surface area contributed by atoms with Gasteiger partial charge in [0, 0.05) is 49.7 Å². The molecule has 0 aromatic carbocycles. The Labute approximate surface area is 127 Å². The molecule has 0 aliphatic carbocycles. The minimum absolute atomic E-state index is 0.0349. The van der Waals surface area contributed by atoms with Crippen molar-refractivity contribution >= 4 is 29.0 Å². The summed E-state index contributed by atoms with van der Waals surface area (Å²) >= 11 is 3.51. The Morgan fingerprint density at radius 3 is 2.85 bits per heavy atom. The van der Waals surface area contributed by atoms with Crippen LogP contribution >= 0.6 is 23.1 Å².